The molecule has 2 aliphatic rings. The lowest BCUT2D eigenvalue weighted by atomic mass is 10.0. The molecule has 2 bridgehead atoms. The molecule has 2 N–H and O–H groups in total. The van der Waals surface area contributed by atoms with E-state index in [1.54, 1.807) is 26.0 Å². The van der Waals surface area contributed by atoms with Gasteiger partial charge in [-0.15, -0.1) is 0 Å². The smallest absolute Gasteiger partial charge is 0.319 e. The van der Waals surface area contributed by atoms with Crippen LogP contribution in [0.2, 0.25) is 0 Å². The van der Waals surface area contributed by atoms with Crippen molar-refractivity contribution in [1.82, 2.24) is 15.1 Å². The third-order valence-electron chi connectivity index (χ3n) is 4.97. The SMILES string of the molecule is C/C(NC(=O)N1CCN2CCC1C2)=C(\C)C(=N)c1ccc(F)cc1. The lowest BCUT2D eigenvalue weighted by Crippen LogP contribution is -2.52. The van der Waals surface area contributed by atoms with E-state index in [2.05, 4.69) is 10.2 Å². The number of fused-ring (bicyclic) bond motifs is 2. The molecule has 2 amide bonds. The molecule has 3 rings (SSSR count). The molecular formula is C18H23FN4O. The molecule has 0 aromatic heterocycles. The van der Waals surface area contributed by atoms with Gasteiger partial charge in [-0.2, -0.15) is 0 Å². The first-order valence-electron chi connectivity index (χ1n) is 8.28. The molecule has 5 nitrogen and oxygen atoms in total. The standard InChI is InChI=1S/C18H23FN4O/c1-12(17(20)14-3-5-15(19)6-4-14)13(2)21-18(24)23-10-9-22-8-7-16(23)11-22/h3-6,16,20H,7-11H2,1-2H3,(H,21,24)/b13-12-,20-17?. The van der Waals surface area contributed by atoms with E-state index in [0.717, 1.165) is 32.6 Å². The summed E-state index contributed by atoms with van der Waals surface area (Å²) >= 11 is 0. The van der Waals surface area contributed by atoms with Crippen molar-refractivity contribution >= 4 is 11.7 Å². The van der Waals surface area contributed by atoms with Gasteiger partial charge >= 0.3 is 6.03 Å². The van der Waals surface area contributed by atoms with Crippen LogP contribution in [0, 0.1) is 11.2 Å². The van der Waals surface area contributed by atoms with Crippen LogP contribution >= 0.6 is 0 Å². The normalized spacial score (nSPS) is 23.7. The molecule has 2 fully saturated rings. The van der Waals surface area contributed by atoms with Crippen molar-refractivity contribution in [1.29, 1.82) is 5.41 Å². The van der Waals surface area contributed by atoms with Gasteiger partial charge in [-0.25, -0.2) is 9.18 Å². The predicted molar refractivity (Wildman–Crippen MR) is 91.7 cm³/mol. The average molecular weight is 330 g/mol. The Kier molecular flexibility index (Phi) is 4.66. The highest BCUT2D eigenvalue weighted by Crippen LogP contribution is 2.21. The monoisotopic (exact) mass is 330 g/mol. The Morgan fingerprint density at radius 3 is 2.62 bits per heavy atom. The summed E-state index contributed by atoms with van der Waals surface area (Å²) in [6.45, 7) is 7.30. The third kappa shape index (κ3) is 3.33. The number of benzene rings is 1. The Hall–Kier alpha value is -2.21. The van der Waals surface area contributed by atoms with Crippen molar-refractivity contribution in [3.63, 3.8) is 0 Å². The van der Waals surface area contributed by atoms with E-state index in [9.17, 15) is 9.18 Å². The molecule has 0 aliphatic carbocycles. The molecule has 2 atom stereocenters. The molecule has 24 heavy (non-hydrogen) atoms. The largest absolute Gasteiger partial charge is 0.321 e. The number of nitrogens with one attached hydrogen (secondary N) is 2. The number of nitrogens with zero attached hydrogens (tertiary/aromatic N) is 2. The van der Waals surface area contributed by atoms with Crippen LogP contribution in [0.15, 0.2) is 35.5 Å². The van der Waals surface area contributed by atoms with Crippen molar-refractivity contribution < 1.29 is 9.18 Å². The van der Waals surface area contributed by atoms with Crippen molar-refractivity contribution in [3.05, 3.63) is 46.9 Å². The van der Waals surface area contributed by atoms with E-state index < -0.39 is 0 Å². The number of hydrogen-bond acceptors (Lipinski definition) is 3. The van der Waals surface area contributed by atoms with Gasteiger partial charge in [0.2, 0.25) is 0 Å². The van der Waals surface area contributed by atoms with Crippen LogP contribution in [0.3, 0.4) is 0 Å². The fourth-order valence-electron chi connectivity index (χ4n) is 3.32. The maximum atomic E-state index is 13.0. The van der Waals surface area contributed by atoms with Gasteiger partial charge in [-0.05, 0) is 55.7 Å². The molecule has 0 saturated carbocycles. The van der Waals surface area contributed by atoms with E-state index in [4.69, 9.17) is 5.41 Å². The molecule has 1 aromatic carbocycles. The summed E-state index contributed by atoms with van der Waals surface area (Å²) in [5.41, 5.74) is 2.26. The van der Waals surface area contributed by atoms with Crippen molar-refractivity contribution in [3.8, 4) is 0 Å². The van der Waals surface area contributed by atoms with Crippen LogP contribution in [0.25, 0.3) is 0 Å². The Labute approximate surface area is 141 Å². The van der Waals surface area contributed by atoms with Crippen LogP contribution in [0.1, 0.15) is 25.8 Å². The number of carbonyl (C=O) groups is 1. The quantitative estimate of drug-likeness (QED) is 0.837. The second kappa shape index (κ2) is 6.73. The van der Waals surface area contributed by atoms with Gasteiger partial charge in [0, 0.05) is 37.9 Å². The van der Waals surface area contributed by atoms with Crippen LogP contribution < -0.4 is 5.32 Å². The first-order chi connectivity index (χ1) is 11.5. The zero-order valence-corrected chi connectivity index (χ0v) is 14.1. The molecule has 0 radical (unpaired) electrons. The number of rotatable bonds is 3. The number of carbonyl (C=O) groups excluding carboxylic acids is 1. The second-order valence-electron chi connectivity index (χ2n) is 6.50. The molecule has 1 aromatic rings. The summed E-state index contributed by atoms with van der Waals surface area (Å²) in [6, 6.07) is 6.03. The number of amides is 2. The number of piperazine rings is 1. The molecule has 2 unspecified atom stereocenters. The van der Waals surface area contributed by atoms with E-state index >= 15 is 0 Å². The van der Waals surface area contributed by atoms with E-state index in [0.29, 0.717) is 28.6 Å². The van der Waals surface area contributed by atoms with Gasteiger partial charge in [0.15, 0.2) is 0 Å². The second-order valence-corrected chi connectivity index (χ2v) is 6.50. The van der Waals surface area contributed by atoms with E-state index in [1.165, 1.54) is 12.1 Å². The molecule has 128 valence electrons. The topological polar surface area (TPSA) is 59.4 Å². The summed E-state index contributed by atoms with van der Waals surface area (Å²) < 4.78 is 13.0. The number of allylic oxidation sites excluding steroid dienone is 2. The highest BCUT2D eigenvalue weighted by atomic mass is 19.1. The van der Waals surface area contributed by atoms with Crippen LogP contribution in [-0.2, 0) is 0 Å². The summed E-state index contributed by atoms with van der Waals surface area (Å²) in [4.78, 5) is 16.8. The zero-order valence-electron chi connectivity index (χ0n) is 14.1. The maximum absolute atomic E-state index is 13.0. The molecule has 2 heterocycles. The summed E-state index contributed by atoms with van der Waals surface area (Å²) in [7, 11) is 0. The average Bonchev–Trinajstić information content (AvgIpc) is 2.95. The van der Waals surface area contributed by atoms with Gasteiger partial charge in [-0.1, -0.05) is 0 Å². The number of urea groups is 1. The third-order valence-corrected chi connectivity index (χ3v) is 4.97. The summed E-state index contributed by atoms with van der Waals surface area (Å²) in [5.74, 6) is -0.325. The molecule has 0 spiro atoms. The highest BCUT2D eigenvalue weighted by Gasteiger charge is 2.35. The number of halogens is 1. The Balaban J connectivity index is 1.68. The van der Waals surface area contributed by atoms with E-state index in [-0.39, 0.29) is 11.8 Å². The van der Waals surface area contributed by atoms with Gasteiger partial charge in [0.05, 0.1) is 5.71 Å². The minimum atomic E-state index is -0.325. The van der Waals surface area contributed by atoms with Gasteiger partial charge in [0.1, 0.15) is 5.82 Å². The van der Waals surface area contributed by atoms with Crippen molar-refractivity contribution in [2.24, 2.45) is 0 Å². The molecule has 2 aliphatic heterocycles. The molecule has 2 saturated heterocycles. The van der Waals surface area contributed by atoms with Crippen molar-refractivity contribution in [2.45, 2.75) is 26.3 Å². The summed E-state index contributed by atoms with van der Waals surface area (Å²) in [5, 5.41) is 11.2. The van der Waals surface area contributed by atoms with Crippen LogP contribution in [0.4, 0.5) is 9.18 Å². The Bertz CT molecular complexity index is 683. The van der Waals surface area contributed by atoms with Crippen LogP contribution in [0.5, 0.6) is 0 Å². The molecular weight excluding hydrogens is 307 g/mol. The van der Waals surface area contributed by atoms with Crippen LogP contribution in [-0.4, -0.2) is 53.8 Å². The van der Waals surface area contributed by atoms with Gasteiger partial charge in [-0.3, -0.25) is 10.3 Å². The predicted octanol–water partition coefficient (Wildman–Crippen LogP) is 2.59. The number of hydrogen-bond donors (Lipinski definition) is 2. The van der Waals surface area contributed by atoms with Crippen molar-refractivity contribution in [2.75, 3.05) is 26.2 Å². The maximum Gasteiger partial charge on any atom is 0.321 e. The summed E-state index contributed by atoms with van der Waals surface area (Å²) in [6.07, 6.45) is 1.03. The first-order valence-corrected chi connectivity index (χ1v) is 8.28. The lowest BCUT2D eigenvalue weighted by molar-refractivity contribution is 0.144. The Morgan fingerprint density at radius 2 is 1.92 bits per heavy atom. The molecule has 6 heteroatoms. The van der Waals surface area contributed by atoms with Gasteiger partial charge in [0.25, 0.3) is 0 Å². The first kappa shape index (κ1) is 16.6. The fraction of sp³-hybridized carbons (Fsp3) is 0.444. The highest BCUT2D eigenvalue weighted by molar-refractivity contribution is 6.10. The lowest BCUT2D eigenvalue weighted by Gasteiger charge is -2.34. The minimum absolute atomic E-state index is 0.0923. The fourth-order valence-corrected chi connectivity index (χ4v) is 3.32. The Morgan fingerprint density at radius 1 is 1.21 bits per heavy atom. The van der Waals surface area contributed by atoms with E-state index in [1.807, 2.05) is 4.90 Å². The minimum Gasteiger partial charge on any atom is -0.319 e. The zero-order chi connectivity index (χ0) is 17.3. The van der Waals surface area contributed by atoms with Gasteiger partial charge < -0.3 is 10.2 Å².